The Hall–Kier alpha value is -3.45. The molecule has 180 valence electrons. The van der Waals surface area contributed by atoms with Crippen LogP contribution in [0.4, 0.5) is 11.6 Å². The van der Waals surface area contributed by atoms with Gasteiger partial charge in [0.05, 0.1) is 17.0 Å². The Bertz CT molecular complexity index is 1310. The van der Waals surface area contributed by atoms with Gasteiger partial charge in [0.25, 0.3) is 11.8 Å². The summed E-state index contributed by atoms with van der Waals surface area (Å²) in [5, 5.41) is 5.72. The fourth-order valence-corrected chi connectivity index (χ4v) is 4.66. The SMILES string of the molecule is CS(=O)(=O)c1cccc(C(=O)N2CCC3(CC2)CN=C(NC(=O)c2nc(Cl)c(N)nc2N)N3)c1. The van der Waals surface area contributed by atoms with Crippen molar-refractivity contribution in [2.45, 2.75) is 23.3 Å². The standard InChI is InChI=1S/C20H23ClN8O4S/c1-34(32,33)12-4-2-3-11(9-12)18(31)29-7-5-20(6-8-29)10-24-19(28-20)27-17(30)13-15(22)26-16(23)14(21)25-13/h2-4,9H,5-8,10H2,1H3,(H4,22,23,26)(H2,24,27,28,30). The minimum Gasteiger partial charge on any atom is -0.382 e. The number of halogens is 1. The Morgan fingerprint density at radius 2 is 1.88 bits per heavy atom. The second-order valence-electron chi connectivity index (χ2n) is 8.25. The topological polar surface area (TPSA) is 186 Å². The number of benzene rings is 1. The van der Waals surface area contributed by atoms with Crippen molar-refractivity contribution in [3.8, 4) is 0 Å². The number of aliphatic imine (C=N–C) groups is 1. The maximum Gasteiger partial charge on any atom is 0.280 e. The third-order valence-electron chi connectivity index (χ3n) is 5.79. The van der Waals surface area contributed by atoms with Crippen LogP contribution in [0.25, 0.3) is 0 Å². The molecule has 4 rings (SSSR count). The average molecular weight is 507 g/mol. The molecule has 0 saturated carbocycles. The monoisotopic (exact) mass is 506 g/mol. The van der Waals surface area contributed by atoms with Gasteiger partial charge in [-0.3, -0.25) is 19.9 Å². The van der Waals surface area contributed by atoms with Gasteiger partial charge in [-0.2, -0.15) is 0 Å². The lowest BCUT2D eigenvalue weighted by Gasteiger charge is -2.39. The highest BCUT2D eigenvalue weighted by atomic mass is 35.5. The molecule has 0 unspecified atom stereocenters. The van der Waals surface area contributed by atoms with Crippen LogP contribution in [0.5, 0.6) is 0 Å². The van der Waals surface area contributed by atoms with Crippen LogP contribution >= 0.6 is 11.6 Å². The summed E-state index contributed by atoms with van der Waals surface area (Å²) in [7, 11) is -3.41. The van der Waals surface area contributed by atoms with Crippen molar-refractivity contribution in [3.63, 3.8) is 0 Å². The molecule has 0 atom stereocenters. The van der Waals surface area contributed by atoms with E-state index in [1.807, 2.05) is 0 Å². The smallest absolute Gasteiger partial charge is 0.280 e. The third kappa shape index (κ3) is 4.75. The number of carbonyl (C=O) groups excluding carboxylic acids is 2. The number of likely N-dealkylation sites (tertiary alicyclic amines) is 1. The number of carbonyl (C=O) groups is 2. The first-order valence-electron chi connectivity index (χ1n) is 10.3. The van der Waals surface area contributed by atoms with E-state index in [1.54, 1.807) is 17.0 Å². The molecule has 2 aliphatic heterocycles. The number of nitrogens with two attached hydrogens (primary N) is 2. The predicted molar refractivity (Wildman–Crippen MR) is 126 cm³/mol. The molecule has 6 N–H and O–H groups in total. The van der Waals surface area contributed by atoms with Crippen LogP contribution in [0.2, 0.25) is 5.15 Å². The number of hydrogen-bond donors (Lipinski definition) is 4. The first kappa shape index (κ1) is 23.7. The van der Waals surface area contributed by atoms with Gasteiger partial charge in [0.1, 0.15) is 0 Å². The Balaban J connectivity index is 1.36. The predicted octanol–water partition coefficient (Wildman–Crippen LogP) is 0.0619. The van der Waals surface area contributed by atoms with Crippen molar-refractivity contribution in [2.24, 2.45) is 4.99 Å². The number of guanidine groups is 1. The number of nitrogens with one attached hydrogen (secondary N) is 2. The second kappa shape index (κ2) is 8.72. The molecule has 34 heavy (non-hydrogen) atoms. The molecule has 1 aromatic heterocycles. The van der Waals surface area contributed by atoms with E-state index in [2.05, 4.69) is 25.6 Å². The van der Waals surface area contributed by atoms with Crippen molar-refractivity contribution in [1.82, 2.24) is 25.5 Å². The zero-order chi connectivity index (χ0) is 24.7. The summed E-state index contributed by atoms with van der Waals surface area (Å²) in [5.41, 5.74) is 11.0. The zero-order valence-electron chi connectivity index (χ0n) is 18.2. The quantitative estimate of drug-likeness (QED) is 0.446. The van der Waals surface area contributed by atoms with E-state index in [0.29, 0.717) is 38.0 Å². The average Bonchev–Trinajstić information content (AvgIpc) is 3.17. The lowest BCUT2D eigenvalue weighted by atomic mass is 9.88. The fourth-order valence-electron chi connectivity index (χ4n) is 3.87. The number of nitrogens with zero attached hydrogens (tertiary/aromatic N) is 4. The van der Waals surface area contributed by atoms with E-state index in [0.717, 1.165) is 6.26 Å². The van der Waals surface area contributed by atoms with Crippen molar-refractivity contribution >= 4 is 50.8 Å². The summed E-state index contributed by atoms with van der Waals surface area (Å²) in [6.45, 7) is 1.30. The lowest BCUT2D eigenvalue weighted by Crippen LogP contribution is -2.57. The molecule has 0 radical (unpaired) electrons. The Morgan fingerprint density at radius 3 is 2.56 bits per heavy atom. The van der Waals surface area contributed by atoms with Crippen LogP contribution in [0, 0.1) is 0 Å². The van der Waals surface area contributed by atoms with Crippen LogP contribution in [-0.4, -0.2) is 72.5 Å². The molecule has 0 aliphatic carbocycles. The number of anilines is 2. The third-order valence-corrected chi connectivity index (χ3v) is 7.18. The second-order valence-corrected chi connectivity index (χ2v) is 10.6. The summed E-state index contributed by atoms with van der Waals surface area (Å²) in [6, 6.07) is 6.01. The normalized spacial score (nSPS) is 17.2. The molecule has 1 spiro atoms. The number of nitrogen functional groups attached to an aromatic ring is 2. The summed E-state index contributed by atoms with van der Waals surface area (Å²) in [6.07, 6.45) is 2.28. The molecule has 1 fully saturated rings. The van der Waals surface area contributed by atoms with Crippen LogP contribution in [0.3, 0.4) is 0 Å². The summed E-state index contributed by atoms with van der Waals surface area (Å²) < 4.78 is 23.6. The van der Waals surface area contributed by atoms with Crippen LogP contribution in [-0.2, 0) is 9.84 Å². The highest BCUT2D eigenvalue weighted by Crippen LogP contribution is 2.27. The first-order valence-corrected chi connectivity index (χ1v) is 12.6. The van der Waals surface area contributed by atoms with Gasteiger partial charge in [-0.1, -0.05) is 17.7 Å². The molecular weight excluding hydrogens is 484 g/mol. The molecule has 2 aromatic rings. The summed E-state index contributed by atoms with van der Waals surface area (Å²) in [4.78, 5) is 39.3. The molecular formula is C20H23ClN8O4S. The Kier molecular flexibility index (Phi) is 6.08. The van der Waals surface area contributed by atoms with E-state index >= 15 is 0 Å². The Morgan fingerprint density at radius 1 is 1.18 bits per heavy atom. The number of aromatic nitrogens is 2. The van der Waals surface area contributed by atoms with Gasteiger partial charge in [-0.25, -0.2) is 18.4 Å². The van der Waals surface area contributed by atoms with Crippen molar-refractivity contribution in [3.05, 3.63) is 40.7 Å². The van der Waals surface area contributed by atoms with Crippen LogP contribution in [0.15, 0.2) is 34.2 Å². The first-order chi connectivity index (χ1) is 16.0. The van der Waals surface area contributed by atoms with Gasteiger partial charge >= 0.3 is 0 Å². The summed E-state index contributed by atoms with van der Waals surface area (Å²) >= 11 is 5.84. The number of amides is 2. The fraction of sp³-hybridized carbons (Fsp3) is 0.350. The molecule has 0 bridgehead atoms. The van der Waals surface area contributed by atoms with Gasteiger partial charge in [-0.05, 0) is 31.0 Å². The number of hydrogen-bond acceptors (Lipinski definition) is 10. The van der Waals surface area contributed by atoms with Gasteiger partial charge in [0.2, 0.25) is 0 Å². The maximum absolute atomic E-state index is 12.9. The highest BCUT2D eigenvalue weighted by Gasteiger charge is 2.40. The molecule has 3 heterocycles. The zero-order valence-corrected chi connectivity index (χ0v) is 19.8. The van der Waals surface area contributed by atoms with E-state index in [-0.39, 0.29) is 39.2 Å². The minimum absolute atomic E-state index is 0.0737. The van der Waals surface area contributed by atoms with Crippen LogP contribution in [0.1, 0.15) is 33.7 Å². The number of rotatable bonds is 3. The maximum atomic E-state index is 12.9. The Labute approximate surface area is 200 Å². The molecule has 1 aromatic carbocycles. The highest BCUT2D eigenvalue weighted by molar-refractivity contribution is 7.90. The molecule has 2 aliphatic rings. The lowest BCUT2D eigenvalue weighted by molar-refractivity contribution is 0.0668. The van der Waals surface area contributed by atoms with Gasteiger partial charge in [-0.15, -0.1) is 0 Å². The van der Waals surface area contributed by atoms with E-state index in [4.69, 9.17) is 23.1 Å². The molecule has 2 amide bonds. The number of sulfone groups is 1. The van der Waals surface area contributed by atoms with E-state index in [1.165, 1.54) is 12.1 Å². The van der Waals surface area contributed by atoms with Crippen molar-refractivity contribution in [2.75, 3.05) is 37.4 Å². The largest absolute Gasteiger partial charge is 0.382 e. The van der Waals surface area contributed by atoms with Crippen LogP contribution < -0.4 is 22.1 Å². The van der Waals surface area contributed by atoms with E-state index in [9.17, 15) is 18.0 Å². The van der Waals surface area contributed by atoms with Gasteiger partial charge in [0, 0.05) is 24.9 Å². The van der Waals surface area contributed by atoms with Crippen molar-refractivity contribution in [1.29, 1.82) is 0 Å². The molecule has 1 saturated heterocycles. The summed E-state index contributed by atoms with van der Waals surface area (Å²) in [5.74, 6) is -0.828. The van der Waals surface area contributed by atoms with Gasteiger partial charge < -0.3 is 21.7 Å². The number of piperidine rings is 1. The van der Waals surface area contributed by atoms with E-state index < -0.39 is 21.3 Å². The minimum atomic E-state index is -3.41. The molecule has 14 heteroatoms. The van der Waals surface area contributed by atoms with Gasteiger partial charge in [0.15, 0.2) is 38.3 Å². The van der Waals surface area contributed by atoms with Crippen molar-refractivity contribution < 1.29 is 18.0 Å². The molecule has 12 nitrogen and oxygen atoms in total.